The van der Waals surface area contributed by atoms with E-state index in [0.29, 0.717) is 0 Å². The van der Waals surface area contributed by atoms with E-state index < -0.39 is 15.0 Å². The van der Waals surface area contributed by atoms with E-state index in [1.165, 1.54) is 5.56 Å². The lowest BCUT2D eigenvalue weighted by molar-refractivity contribution is 0.414. The van der Waals surface area contributed by atoms with Gasteiger partial charge in [0, 0.05) is 10.3 Å². The summed E-state index contributed by atoms with van der Waals surface area (Å²) in [5.41, 5.74) is 1.17. The number of hydrogen-bond donors (Lipinski definition) is 0. The Hall–Kier alpha value is -1.32. The second-order valence-electron chi connectivity index (χ2n) is 6.40. The van der Waals surface area contributed by atoms with Crippen molar-refractivity contribution in [1.82, 2.24) is 0 Å². The second kappa shape index (κ2) is 6.29. The number of ether oxygens (including phenoxy) is 1. The Balaban J connectivity index is 1.66. The molecule has 2 nitrogen and oxygen atoms in total. The first-order chi connectivity index (χ1) is 11.0. The first-order valence-corrected chi connectivity index (χ1v) is 9.30. The maximum Gasteiger partial charge on any atom is 0.130 e. The fourth-order valence-corrected chi connectivity index (χ4v) is 5.40. The second-order valence-corrected chi connectivity index (χ2v) is 8.97. The lowest BCUT2D eigenvalue weighted by atomic mass is 9.99. The van der Waals surface area contributed by atoms with Gasteiger partial charge in [-0.05, 0) is 49.1 Å². The van der Waals surface area contributed by atoms with E-state index in [2.05, 4.69) is 19.1 Å². The topological polar surface area (TPSA) is 26.3 Å². The van der Waals surface area contributed by atoms with Gasteiger partial charge in [-0.1, -0.05) is 37.3 Å². The van der Waals surface area contributed by atoms with E-state index in [1.807, 2.05) is 42.5 Å². The molecule has 0 amide bonds. The molecule has 2 aromatic rings. The van der Waals surface area contributed by atoms with Crippen molar-refractivity contribution in [3.8, 4) is 5.75 Å². The number of halogens is 1. The fraction of sp³-hybridized carbons (Fsp3) is 0.368. The molecule has 0 spiro atoms. The van der Waals surface area contributed by atoms with Crippen molar-refractivity contribution in [3.63, 3.8) is 0 Å². The van der Waals surface area contributed by atoms with Gasteiger partial charge in [0.2, 0.25) is 0 Å². The number of benzene rings is 2. The van der Waals surface area contributed by atoms with Gasteiger partial charge in [0.05, 0.1) is 17.9 Å². The zero-order valence-corrected chi connectivity index (χ0v) is 15.0. The molecule has 23 heavy (non-hydrogen) atoms. The molecule has 0 bridgehead atoms. The standard InChI is InChI=1S/C19H21ClO2S/c1-18(13-12-15-8-10-16(22-2)11-9-15)14-19(18,20)23(21)17-6-4-3-5-7-17/h3-11H,12-14H2,1-2H3/t18-,19+,23?/m0/s1. The van der Waals surface area contributed by atoms with Gasteiger partial charge in [-0.2, -0.15) is 0 Å². The maximum absolute atomic E-state index is 12.8. The average Bonchev–Trinajstić information content (AvgIpc) is 3.16. The molecule has 1 unspecified atom stereocenters. The molecule has 3 rings (SSSR count). The van der Waals surface area contributed by atoms with Gasteiger partial charge in [0.1, 0.15) is 9.96 Å². The zero-order valence-electron chi connectivity index (χ0n) is 13.4. The summed E-state index contributed by atoms with van der Waals surface area (Å²) < 4.78 is 17.3. The van der Waals surface area contributed by atoms with Gasteiger partial charge in [0.15, 0.2) is 0 Å². The summed E-state index contributed by atoms with van der Waals surface area (Å²) in [4.78, 5) is 0.815. The molecule has 0 heterocycles. The Morgan fingerprint density at radius 2 is 1.78 bits per heavy atom. The highest BCUT2D eigenvalue weighted by Crippen LogP contribution is 2.66. The molecule has 4 heteroatoms. The summed E-state index contributed by atoms with van der Waals surface area (Å²) in [5.74, 6) is 0.864. The van der Waals surface area contributed by atoms with Crippen LogP contribution < -0.4 is 4.74 Å². The van der Waals surface area contributed by atoms with Crippen LogP contribution in [0.1, 0.15) is 25.3 Å². The quantitative estimate of drug-likeness (QED) is 0.702. The van der Waals surface area contributed by atoms with Crippen LogP contribution >= 0.6 is 11.6 Å². The van der Waals surface area contributed by atoms with E-state index in [0.717, 1.165) is 29.9 Å². The molecule has 1 aliphatic carbocycles. The third kappa shape index (κ3) is 3.17. The van der Waals surface area contributed by atoms with Crippen LogP contribution in [0.25, 0.3) is 0 Å². The van der Waals surface area contributed by atoms with Crippen LogP contribution in [0.4, 0.5) is 0 Å². The minimum absolute atomic E-state index is 0.0881. The summed E-state index contributed by atoms with van der Waals surface area (Å²) in [7, 11) is 0.491. The SMILES string of the molecule is COc1ccc(CC[C@@]2(C)C[C@@]2(Cl)S(=O)c2ccccc2)cc1. The van der Waals surface area contributed by atoms with Crippen LogP contribution in [-0.4, -0.2) is 15.5 Å². The Morgan fingerprint density at radius 3 is 2.39 bits per heavy atom. The molecule has 0 aliphatic heterocycles. The van der Waals surface area contributed by atoms with Crippen molar-refractivity contribution < 1.29 is 8.95 Å². The first-order valence-electron chi connectivity index (χ1n) is 7.77. The third-order valence-corrected chi connectivity index (χ3v) is 7.70. The normalized spacial score (nSPS) is 27.4. The summed E-state index contributed by atoms with van der Waals surface area (Å²) >= 11 is 6.73. The van der Waals surface area contributed by atoms with E-state index >= 15 is 0 Å². The van der Waals surface area contributed by atoms with Crippen LogP contribution in [0.2, 0.25) is 0 Å². The summed E-state index contributed by atoms with van der Waals surface area (Å²) in [6, 6.07) is 17.6. The molecular formula is C19H21ClO2S. The van der Waals surface area contributed by atoms with Crippen molar-refractivity contribution >= 4 is 22.4 Å². The molecule has 3 atom stereocenters. The molecule has 0 saturated heterocycles. The van der Waals surface area contributed by atoms with Gasteiger partial charge in [-0.3, -0.25) is 4.21 Å². The van der Waals surface area contributed by atoms with Crippen LogP contribution in [0, 0.1) is 5.41 Å². The lowest BCUT2D eigenvalue weighted by Crippen LogP contribution is -2.18. The number of alkyl halides is 1. The predicted molar refractivity (Wildman–Crippen MR) is 95.5 cm³/mol. The smallest absolute Gasteiger partial charge is 0.130 e. The molecule has 0 aromatic heterocycles. The minimum atomic E-state index is -1.18. The van der Waals surface area contributed by atoms with Crippen LogP contribution in [0.15, 0.2) is 59.5 Å². The Morgan fingerprint density at radius 1 is 1.13 bits per heavy atom. The summed E-state index contributed by atoms with van der Waals surface area (Å²) in [6.45, 7) is 2.14. The van der Waals surface area contributed by atoms with Crippen molar-refractivity contribution in [3.05, 3.63) is 60.2 Å². The maximum atomic E-state index is 12.8. The number of rotatable bonds is 6. The Labute approximate surface area is 145 Å². The first kappa shape index (κ1) is 16.5. The molecular weight excluding hydrogens is 328 g/mol. The monoisotopic (exact) mass is 348 g/mol. The van der Waals surface area contributed by atoms with Gasteiger partial charge < -0.3 is 4.74 Å². The van der Waals surface area contributed by atoms with Crippen LogP contribution in [-0.2, 0) is 17.2 Å². The fourth-order valence-electron chi connectivity index (χ4n) is 2.97. The van der Waals surface area contributed by atoms with E-state index in [-0.39, 0.29) is 5.41 Å². The number of methoxy groups -OCH3 is 1. The van der Waals surface area contributed by atoms with E-state index in [9.17, 15) is 4.21 Å². The van der Waals surface area contributed by atoms with Gasteiger partial charge in [-0.15, -0.1) is 11.6 Å². The molecule has 0 radical (unpaired) electrons. The van der Waals surface area contributed by atoms with Crippen molar-refractivity contribution in [2.75, 3.05) is 7.11 Å². The van der Waals surface area contributed by atoms with Gasteiger partial charge in [-0.25, -0.2) is 0 Å². The molecule has 1 fully saturated rings. The van der Waals surface area contributed by atoms with E-state index in [1.54, 1.807) is 7.11 Å². The molecule has 1 aliphatic rings. The Kier molecular flexibility index (Phi) is 4.52. The van der Waals surface area contributed by atoms with Crippen LogP contribution in [0.5, 0.6) is 5.75 Å². The Bertz CT molecular complexity index is 701. The summed E-state index contributed by atoms with van der Waals surface area (Å²) in [6.07, 6.45) is 2.65. The zero-order chi connectivity index (χ0) is 16.5. The largest absolute Gasteiger partial charge is 0.497 e. The van der Waals surface area contributed by atoms with Gasteiger partial charge >= 0.3 is 0 Å². The average molecular weight is 349 g/mol. The van der Waals surface area contributed by atoms with Gasteiger partial charge in [0.25, 0.3) is 0 Å². The lowest BCUT2D eigenvalue weighted by Gasteiger charge is -2.17. The highest BCUT2D eigenvalue weighted by Gasteiger charge is 2.67. The predicted octanol–water partition coefficient (Wildman–Crippen LogP) is 4.78. The molecule has 122 valence electrons. The van der Waals surface area contributed by atoms with Crippen molar-refractivity contribution in [1.29, 1.82) is 0 Å². The summed E-state index contributed by atoms with van der Waals surface area (Å²) in [5, 5.41) is 0. The number of hydrogen-bond acceptors (Lipinski definition) is 2. The highest BCUT2D eigenvalue weighted by molar-refractivity contribution is 7.88. The third-order valence-electron chi connectivity index (χ3n) is 4.77. The van der Waals surface area contributed by atoms with Crippen LogP contribution in [0.3, 0.4) is 0 Å². The van der Waals surface area contributed by atoms with Crippen molar-refractivity contribution in [2.45, 2.75) is 35.3 Å². The van der Waals surface area contributed by atoms with Crippen molar-refractivity contribution in [2.24, 2.45) is 5.41 Å². The van der Waals surface area contributed by atoms with E-state index in [4.69, 9.17) is 16.3 Å². The molecule has 2 aromatic carbocycles. The molecule has 0 N–H and O–H groups in total. The number of aryl methyl sites for hydroxylation is 1. The highest BCUT2D eigenvalue weighted by atomic mass is 35.5. The molecule has 1 saturated carbocycles. The minimum Gasteiger partial charge on any atom is -0.497 e.